The fourth-order valence-electron chi connectivity index (χ4n) is 6.24. The molecule has 0 radical (unpaired) electrons. The van der Waals surface area contributed by atoms with Gasteiger partial charge in [-0.1, -0.05) is 134 Å². The summed E-state index contributed by atoms with van der Waals surface area (Å²) in [7, 11) is 0. The molecule has 0 aliphatic rings. The molecular weight excluding hydrogens is 520 g/mol. The lowest BCUT2D eigenvalue weighted by atomic mass is 9.82. The first kappa shape index (κ1) is 18.7. The first-order valence-electron chi connectivity index (χ1n) is 17.5. The summed E-state index contributed by atoms with van der Waals surface area (Å²) in [5.41, 5.74) is 7.35. The molecule has 8 aromatic rings. The van der Waals surface area contributed by atoms with Crippen molar-refractivity contribution in [3.63, 3.8) is 0 Å². The fourth-order valence-corrected chi connectivity index (χ4v) is 6.24. The Hall–Kier alpha value is -5.66. The highest BCUT2D eigenvalue weighted by molar-refractivity contribution is 6.15. The van der Waals surface area contributed by atoms with Crippen LogP contribution in [0, 0.1) is 0 Å². The lowest BCUT2D eigenvalue weighted by molar-refractivity contribution is 0.669. The largest absolute Gasteiger partial charge is 0.456 e. The highest BCUT2D eigenvalue weighted by atomic mass is 16.3. The summed E-state index contributed by atoms with van der Waals surface area (Å²) in [6.45, 7) is 8.33. The van der Waals surface area contributed by atoms with Gasteiger partial charge in [-0.05, 0) is 90.3 Å². The summed E-state index contributed by atoms with van der Waals surface area (Å²) < 4.78 is 67.0. The number of para-hydroxylation sites is 1. The molecule has 202 valence electrons. The second-order valence-corrected chi connectivity index (χ2v) is 10.4. The molecule has 0 saturated heterocycles. The van der Waals surface area contributed by atoms with Gasteiger partial charge in [-0.2, -0.15) is 0 Å². The SMILES string of the molecule is [2H]c1c([2H])c([2H])c2c(-c3c(C=C)c(C=C)c(-c4cccc(-c5ccc6c(c5)oc5ccccc56)c4)c4ccccc34)c([2H])c([2H])c([2H])c2c1[2H]. The van der Waals surface area contributed by atoms with Crippen LogP contribution < -0.4 is 0 Å². The standard InChI is InChI=1S/C42H28O/c1-3-31-32(4-2)42(36-21-12-14-27-13-5-6-17-33(27)36)38-20-8-7-19-37(38)41(31)30-16-11-15-28(25-30)29-23-24-35-34-18-9-10-22-39(34)43-40(35)26-29/h3-26H,1-2H2/i5D,6D,12D,13D,14D,17D,21D. The Balaban J connectivity index is 1.43. The summed E-state index contributed by atoms with van der Waals surface area (Å²) >= 11 is 0. The predicted molar refractivity (Wildman–Crippen MR) is 185 cm³/mol. The van der Waals surface area contributed by atoms with E-state index in [4.69, 9.17) is 14.0 Å². The summed E-state index contributed by atoms with van der Waals surface area (Å²) in [4.78, 5) is 0. The van der Waals surface area contributed by atoms with Crippen molar-refractivity contribution in [2.24, 2.45) is 0 Å². The van der Waals surface area contributed by atoms with Crippen LogP contribution in [0.5, 0.6) is 0 Å². The minimum atomic E-state index is -0.491. The highest BCUT2D eigenvalue weighted by Gasteiger charge is 2.20. The van der Waals surface area contributed by atoms with Crippen molar-refractivity contribution in [1.82, 2.24) is 0 Å². The minimum Gasteiger partial charge on any atom is -0.456 e. The van der Waals surface area contributed by atoms with Gasteiger partial charge in [-0.3, -0.25) is 0 Å². The summed E-state index contributed by atoms with van der Waals surface area (Å²) in [6.07, 6.45) is 3.40. The number of hydrogen-bond donors (Lipinski definition) is 0. The molecule has 0 N–H and O–H groups in total. The van der Waals surface area contributed by atoms with E-state index in [1.165, 1.54) is 0 Å². The fraction of sp³-hybridized carbons (Fsp3) is 0. The van der Waals surface area contributed by atoms with Crippen LogP contribution in [0.15, 0.2) is 151 Å². The van der Waals surface area contributed by atoms with Gasteiger partial charge in [-0.15, -0.1) is 0 Å². The van der Waals surface area contributed by atoms with Gasteiger partial charge in [0.15, 0.2) is 0 Å². The molecule has 0 atom stereocenters. The molecule has 1 heteroatoms. The quantitative estimate of drug-likeness (QED) is 0.206. The molecule has 0 bridgehead atoms. The Morgan fingerprint density at radius 3 is 2.00 bits per heavy atom. The third kappa shape index (κ3) is 3.94. The van der Waals surface area contributed by atoms with Gasteiger partial charge in [0.25, 0.3) is 0 Å². The first-order chi connectivity index (χ1) is 24.2. The van der Waals surface area contributed by atoms with Crippen LogP contribution in [-0.4, -0.2) is 0 Å². The maximum atomic E-state index is 9.13. The van der Waals surface area contributed by atoms with E-state index in [-0.39, 0.29) is 28.4 Å². The number of rotatable bonds is 5. The van der Waals surface area contributed by atoms with Crippen LogP contribution in [0.25, 0.3) is 89.0 Å². The van der Waals surface area contributed by atoms with Crippen LogP contribution in [0.4, 0.5) is 0 Å². The van der Waals surface area contributed by atoms with Crippen molar-refractivity contribution < 1.29 is 14.0 Å². The zero-order chi connectivity index (χ0) is 35.0. The Morgan fingerprint density at radius 2 is 1.16 bits per heavy atom. The molecule has 1 nitrogen and oxygen atoms in total. The average Bonchev–Trinajstić information content (AvgIpc) is 3.52. The molecule has 1 aromatic heterocycles. The van der Waals surface area contributed by atoms with Gasteiger partial charge in [0.1, 0.15) is 11.2 Å². The predicted octanol–water partition coefficient (Wildman–Crippen LogP) is 12.2. The molecule has 0 aliphatic heterocycles. The topological polar surface area (TPSA) is 13.1 Å². The maximum Gasteiger partial charge on any atom is 0.136 e. The van der Waals surface area contributed by atoms with Gasteiger partial charge in [0, 0.05) is 10.8 Å². The molecule has 0 aliphatic carbocycles. The van der Waals surface area contributed by atoms with E-state index in [0.29, 0.717) is 22.1 Å². The van der Waals surface area contributed by atoms with Gasteiger partial charge >= 0.3 is 0 Å². The number of furan rings is 1. The van der Waals surface area contributed by atoms with Crippen molar-refractivity contribution in [3.8, 4) is 33.4 Å². The summed E-state index contributed by atoms with van der Waals surface area (Å²) in [5, 5.41) is 3.58. The van der Waals surface area contributed by atoms with Gasteiger partial charge in [0.05, 0.1) is 9.60 Å². The molecule has 43 heavy (non-hydrogen) atoms. The van der Waals surface area contributed by atoms with Crippen molar-refractivity contribution >= 4 is 55.6 Å². The second kappa shape index (κ2) is 10.0. The lowest BCUT2D eigenvalue weighted by Crippen LogP contribution is -1.96. The number of benzene rings is 7. The van der Waals surface area contributed by atoms with Crippen molar-refractivity contribution in [1.29, 1.82) is 0 Å². The molecule has 0 saturated carbocycles. The van der Waals surface area contributed by atoms with Crippen LogP contribution in [0.1, 0.15) is 20.7 Å². The Kier molecular flexibility index (Phi) is 4.35. The number of fused-ring (bicyclic) bond motifs is 5. The zero-order valence-corrected chi connectivity index (χ0v) is 23.1. The number of hydrogen-bond acceptors (Lipinski definition) is 1. The Morgan fingerprint density at radius 1 is 0.512 bits per heavy atom. The maximum absolute atomic E-state index is 9.13. The van der Waals surface area contributed by atoms with E-state index >= 15 is 0 Å². The van der Waals surface area contributed by atoms with E-state index in [0.717, 1.165) is 49.6 Å². The zero-order valence-electron chi connectivity index (χ0n) is 30.1. The van der Waals surface area contributed by atoms with Crippen molar-refractivity contribution in [3.05, 3.63) is 158 Å². The van der Waals surface area contributed by atoms with Gasteiger partial charge < -0.3 is 4.42 Å². The lowest BCUT2D eigenvalue weighted by Gasteiger charge is -2.21. The van der Waals surface area contributed by atoms with E-state index < -0.39 is 30.2 Å². The highest BCUT2D eigenvalue weighted by Crippen LogP contribution is 2.45. The molecule has 0 unspecified atom stereocenters. The second-order valence-electron chi connectivity index (χ2n) is 10.4. The van der Waals surface area contributed by atoms with E-state index in [2.05, 4.69) is 49.6 Å². The monoisotopic (exact) mass is 555 g/mol. The molecule has 7 aromatic carbocycles. The average molecular weight is 556 g/mol. The van der Waals surface area contributed by atoms with Crippen molar-refractivity contribution in [2.45, 2.75) is 0 Å². The summed E-state index contributed by atoms with van der Waals surface area (Å²) in [6, 6.07) is 27.2. The van der Waals surface area contributed by atoms with E-state index in [1.807, 2.05) is 54.6 Å². The molecule has 1 heterocycles. The molecular formula is C42H28O. The third-order valence-electron chi connectivity index (χ3n) is 8.13. The van der Waals surface area contributed by atoms with Crippen LogP contribution in [0.2, 0.25) is 0 Å². The normalized spacial score (nSPS) is 13.7. The van der Waals surface area contributed by atoms with Crippen molar-refractivity contribution in [2.75, 3.05) is 0 Å². The Labute approximate surface area is 260 Å². The Bertz CT molecular complexity index is 2770. The van der Waals surface area contributed by atoms with Gasteiger partial charge in [-0.25, -0.2) is 0 Å². The third-order valence-corrected chi connectivity index (χ3v) is 8.13. The van der Waals surface area contributed by atoms with Crippen LogP contribution in [-0.2, 0) is 0 Å². The van der Waals surface area contributed by atoms with Crippen LogP contribution in [0.3, 0.4) is 0 Å². The first-order valence-corrected chi connectivity index (χ1v) is 14.0. The van der Waals surface area contributed by atoms with E-state index in [9.17, 15) is 0 Å². The van der Waals surface area contributed by atoms with Crippen LogP contribution >= 0.6 is 0 Å². The minimum absolute atomic E-state index is 0.0287. The molecule has 8 rings (SSSR count). The molecule has 0 fully saturated rings. The molecule has 0 spiro atoms. The summed E-state index contributed by atoms with van der Waals surface area (Å²) in [5.74, 6) is 0. The molecule has 0 amide bonds. The van der Waals surface area contributed by atoms with E-state index in [1.54, 1.807) is 12.2 Å². The smallest absolute Gasteiger partial charge is 0.136 e. The van der Waals surface area contributed by atoms with Gasteiger partial charge in [0.2, 0.25) is 0 Å².